The topological polar surface area (TPSA) is 108 Å². The van der Waals surface area contributed by atoms with E-state index in [0.717, 1.165) is 103 Å². The van der Waals surface area contributed by atoms with Gasteiger partial charge in [0.15, 0.2) is 0 Å². The fraction of sp³-hybridized carbons (Fsp3) is 0.648. The summed E-state index contributed by atoms with van der Waals surface area (Å²) in [7, 11) is 1.22. The lowest BCUT2D eigenvalue weighted by Crippen LogP contribution is -2.45. The molecule has 0 fully saturated rings. The van der Waals surface area contributed by atoms with Crippen molar-refractivity contribution in [3.05, 3.63) is 146 Å². The van der Waals surface area contributed by atoms with Crippen molar-refractivity contribution >= 4 is 13.7 Å². The van der Waals surface area contributed by atoms with Crippen molar-refractivity contribution in [3.63, 3.8) is 0 Å². The number of carbonyl (C=O) groups excluding carboxylic acids is 1. The number of hydrogen-bond donors (Lipinski definition) is 2. The molecule has 0 aromatic heterocycles. The Bertz CT molecular complexity index is 1810. The van der Waals surface area contributed by atoms with Crippen LogP contribution in [0.4, 0.5) is 0 Å². The summed E-state index contributed by atoms with van der Waals surface area (Å²) in [5, 5.41) is 13.9. The van der Waals surface area contributed by atoms with Gasteiger partial charge in [0.2, 0.25) is 5.91 Å². The number of rotatable bonds is 57. The van der Waals surface area contributed by atoms with Crippen molar-refractivity contribution in [1.82, 2.24) is 5.32 Å². The maximum absolute atomic E-state index is 13.0. The third-order valence-electron chi connectivity index (χ3n) is 13.5. The maximum atomic E-state index is 13.0. The van der Waals surface area contributed by atoms with E-state index in [1.807, 2.05) is 27.2 Å². The Morgan fingerprint density at radius 1 is 0.450 bits per heavy atom. The smallest absolute Gasteiger partial charge is 0.268 e. The first-order valence-corrected chi connectivity index (χ1v) is 33.7. The molecule has 1 amide bonds. The zero-order chi connectivity index (χ0) is 58.4. The summed E-state index contributed by atoms with van der Waals surface area (Å²) in [6, 6.07) is -0.919. The molecule has 0 bridgehead atoms. The van der Waals surface area contributed by atoms with E-state index < -0.39 is 26.6 Å². The van der Waals surface area contributed by atoms with Crippen LogP contribution in [0.15, 0.2) is 146 Å². The molecule has 0 radical (unpaired) electrons. The van der Waals surface area contributed by atoms with Crippen molar-refractivity contribution in [2.75, 3.05) is 40.9 Å². The number of carbonyl (C=O) groups is 1. The van der Waals surface area contributed by atoms with Gasteiger partial charge in [-0.25, -0.2) is 0 Å². The van der Waals surface area contributed by atoms with E-state index in [1.165, 1.54) is 122 Å². The van der Waals surface area contributed by atoms with Gasteiger partial charge in [0.05, 0.1) is 39.9 Å². The standard InChI is InChI=1S/C71H121N2O6P/c1-6-8-10-12-14-16-18-20-22-24-25-26-27-28-29-30-31-32-33-34-35-36-37-38-39-40-41-42-43-44-45-46-47-49-51-53-55-57-59-61-63-65-71(75)72-69(68-79-80(76,77)78-67-66-73(3,4)5)70(74)64-62-60-58-56-54-52-50-48-23-21-19-17-15-13-11-9-7-2/h8,10,14,16,20,22-23,25-26,28-29,31-32,34-35,37-38,40-41,48,54,56,62,64,69-70,74H,6-7,9,11-13,15,17-19,21,24,27,30,33,36,39,42-47,49-53,55,57-61,63,65-68H2,1-5H3,(H-,72,75,76,77)/b10-8-,16-14-,22-20-,26-25-,29-28-,32-31-,35-34-,38-37-,41-40-,48-23+,56-54+,64-62+. The first kappa shape index (κ1) is 76.4. The van der Waals surface area contributed by atoms with Gasteiger partial charge in [-0.05, 0) is 116 Å². The molecule has 0 saturated carbocycles. The number of allylic oxidation sites excluding steroid dienone is 23. The Morgan fingerprint density at radius 2 is 0.775 bits per heavy atom. The van der Waals surface area contributed by atoms with Crippen LogP contribution in [0.2, 0.25) is 0 Å². The van der Waals surface area contributed by atoms with E-state index in [4.69, 9.17) is 9.05 Å². The second kappa shape index (κ2) is 60.0. The largest absolute Gasteiger partial charge is 0.756 e. The number of amides is 1. The second-order valence-corrected chi connectivity index (χ2v) is 23.8. The molecule has 80 heavy (non-hydrogen) atoms. The van der Waals surface area contributed by atoms with Crippen LogP contribution < -0.4 is 10.2 Å². The summed E-state index contributed by atoms with van der Waals surface area (Å²) in [5.74, 6) is -0.218. The minimum atomic E-state index is -4.62. The highest BCUT2D eigenvalue weighted by molar-refractivity contribution is 7.45. The van der Waals surface area contributed by atoms with E-state index >= 15 is 0 Å². The predicted octanol–water partition coefficient (Wildman–Crippen LogP) is 19.8. The van der Waals surface area contributed by atoms with E-state index in [2.05, 4.69) is 153 Å². The molecule has 8 nitrogen and oxygen atoms in total. The molecular formula is C71H121N2O6P. The lowest BCUT2D eigenvalue weighted by Gasteiger charge is -2.29. The molecule has 0 aromatic rings. The monoisotopic (exact) mass is 1130 g/mol. The minimum Gasteiger partial charge on any atom is -0.756 e. The van der Waals surface area contributed by atoms with Gasteiger partial charge in [-0.1, -0.05) is 269 Å². The molecule has 0 aliphatic carbocycles. The number of nitrogens with one attached hydrogen (secondary N) is 1. The van der Waals surface area contributed by atoms with Gasteiger partial charge in [0, 0.05) is 6.42 Å². The molecule has 0 heterocycles. The van der Waals surface area contributed by atoms with Gasteiger partial charge in [-0.15, -0.1) is 0 Å². The summed E-state index contributed by atoms with van der Waals surface area (Å²) in [6.07, 6.45) is 92.3. The second-order valence-electron chi connectivity index (χ2n) is 22.4. The first-order valence-electron chi connectivity index (χ1n) is 32.2. The van der Waals surface area contributed by atoms with Gasteiger partial charge >= 0.3 is 0 Å². The van der Waals surface area contributed by atoms with Gasteiger partial charge < -0.3 is 28.8 Å². The van der Waals surface area contributed by atoms with Crippen LogP contribution in [0.1, 0.15) is 245 Å². The summed E-state index contributed by atoms with van der Waals surface area (Å²) < 4.78 is 23.3. The maximum Gasteiger partial charge on any atom is 0.268 e. The average molecular weight is 1130 g/mol. The van der Waals surface area contributed by atoms with Crippen LogP contribution in [0.25, 0.3) is 0 Å². The summed E-state index contributed by atoms with van der Waals surface area (Å²) >= 11 is 0. The highest BCUT2D eigenvalue weighted by Crippen LogP contribution is 2.38. The summed E-state index contributed by atoms with van der Waals surface area (Å²) in [4.78, 5) is 25.5. The Hall–Kier alpha value is -3.62. The Kier molecular flexibility index (Phi) is 57.3. The molecule has 0 spiro atoms. The average Bonchev–Trinajstić information content (AvgIpc) is 3.42. The SMILES string of the molecule is CC/C=C\C/C=C\C/C=C\C/C=C\C/C=C\C/C=C\C/C=C\C/C=C\C/C=C\CCCCCCCCCCCCCCCC(=O)NC(COP(=O)([O-])OCC[N+](C)(C)C)C(O)/C=C/CC/C=C/CC/C=C/CCCCCCCCC. The summed E-state index contributed by atoms with van der Waals surface area (Å²) in [5.41, 5.74) is 0. The fourth-order valence-corrected chi connectivity index (χ4v) is 9.25. The number of unbranched alkanes of at least 4 members (excludes halogenated alkanes) is 22. The Labute approximate surface area is 493 Å². The lowest BCUT2D eigenvalue weighted by molar-refractivity contribution is -0.870. The lowest BCUT2D eigenvalue weighted by atomic mass is 10.0. The highest BCUT2D eigenvalue weighted by atomic mass is 31.2. The molecule has 0 saturated heterocycles. The van der Waals surface area contributed by atoms with Gasteiger partial charge in [-0.3, -0.25) is 9.36 Å². The molecule has 0 rings (SSSR count). The normalized spacial score (nSPS) is 14.7. The van der Waals surface area contributed by atoms with Crippen molar-refractivity contribution in [2.45, 2.75) is 257 Å². The third kappa shape index (κ3) is 62.0. The van der Waals surface area contributed by atoms with Crippen LogP contribution >= 0.6 is 7.82 Å². The van der Waals surface area contributed by atoms with E-state index in [1.54, 1.807) is 6.08 Å². The molecule has 0 aliphatic heterocycles. The number of phosphoric acid groups is 1. The number of aliphatic hydroxyl groups excluding tert-OH is 1. The first-order chi connectivity index (χ1) is 39.0. The minimum absolute atomic E-state index is 0.0151. The molecule has 456 valence electrons. The number of hydrogen-bond acceptors (Lipinski definition) is 6. The molecule has 3 unspecified atom stereocenters. The van der Waals surface area contributed by atoms with E-state index in [-0.39, 0.29) is 12.5 Å². The quantitative estimate of drug-likeness (QED) is 0.0272. The van der Waals surface area contributed by atoms with Crippen molar-refractivity contribution in [3.8, 4) is 0 Å². The Balaban J connectivity index is 4.10. The van der Waals surface area contributed by atoms with Gasteiger partial charge in [-0.2, -0.15) is 0 Å². The van der Waals surface area contributed by atoms with Crippen LogP contribution in [-0.4, -0.2) is 68.5 Å². The number of aliphatic hydroxyl groups is 1. The third-order valence-corrected chi connectivity index (χ3v) is 14.5. The molecule has 3 atom stereocenters. The Morgan fingerprint density at radius 3 is 1.16 bits per heavy atom. The number of likely N-dealkylation sites (N-methyl/N-ethyl adjacent to an activating group) is 1. The number of quaternary nitrogens is 1. The van der Waals surface area contributed by atoms with E-state index in [0.29, 0.717) is 17.4 Å². The van der Waals surface area contributed by atoms with Crippen LogP contribution in [0.5, 0.6) is 0 Å². The fourth-order valence-electron chi connectivity index (χ4n) is 8.53. The zero-order valence-corrected chi connectivity index (χ0v) is 52.9. The van der Waals surface area contributed by atoms with Crippen LogP contribution in [0.3, 0.4) is 0 Å². The van der Waals surface area contributed by atoms with Crippen LogP contribution in [-0.2, 0) is 18.4 Å². The number of phosphoric ester groups is 1. The summed E-state index contributed by atoms with van der Waals surface area (Å²) in [6.45, 7) is 4.49. The molecule has 0 aromatic carbocycles. The van der Waals surface area contributed by atoms with Crippen molar-refractivity contribution in [2.24, 2.45) is 0 Å². The molecule has 2 N–H and O–H groups in total. The highest BCUT2D eigenvalue weighted by Gasteiger charge is 2.23. The predicted molar refractivity (Wildman–Crippen MR) is 348 cm³/mol. The molecule has 0 aliphatic rings. The van der Waals surface area contributed by atoms with Crippen molar-refractivity contribution in [1.29, 1.82) is 0 Å². The van der Waals surface area contributed by atoms with Gasteiger partial charge in [0.25, 0.3) is 7.82 Å². The zero-order valence-electron chi connectivity index (χ0n) is 52.0. The number of nitrogens with zero attached hydrogens (tertiary/aromatic N) is 1. The van der Waals surface area contributed by atoms with Crippen molar-refractivity contribution < 1.29 is 32.9 Å². The van der Waals surface area contributed by atoms with Gasteiger partial charge in [0.1, 0.15) is 13.2 Å². The van der Waals surface area contributed by atoms with E-state index in [9.17, 15) is 19.4 Å². The van der Waals surface area contributed by atoms with Crippen LogP contribution in [0, 0.1) is 0 Å². The molecular weight excluding hydrogens is 1010 g/mol. The molecule has 9 heteroatoms.